The molecular weight excluding hydrogens is 401 g/mol. The van der Waals surface area contributed by atoms with E-state index in [0.29, 0.717) is 16.5 Å². The monoisotopic (exact) mass is 421 g/mol. The Morgan fingerprint density at radius 1 is 0.871 bits per heavy atom. The molecule has 3 aromatic rings. The highest BCUT2D eigenvalue weighted by molar-refractivity contribution is 6.25. The highest BCUT2D eigenvalue weighted by atomic mass is 19.1. The van der Waals surface area contributed by atoms with Gasteiger partial charge >= 0.3 is 5.97 Å². The van der Waals surface area contributed by atoms with E-state index >= 15 is 0 Å². The van der Waals surface area contributed by atoms with E-state index in [-0.39, 0.29) is 50.2 Å². The molecule has 1 aliphatic heterocycles. The average molecular weight is 421 g/mol. The van der Waals surface area contributed by atoms with E-state index in [0.717, 1.165) is 5.39 Å². The number of carbonyl (C=O) groups is 3. The van der Waals surface area contributed by atoms with Crippen molar-refractivity contribution >= 4 is 28.6 Å². The Labute approximate surface area is 178 Å². The minimum atomic E-state index is -0.484. The predicted octanol–water partition coefficient (Wildman–Crippen LogP) is 3.98. The fourth-order valence-electron chi connectivity index (χ4n) is 3.61. The summed E-state index contributed by atoms with van der Waals surface area (Å²) in [6, 6.07) is 16.7. The number of rotatable bonds is 8. The molecule has 2 amide bonds. The van der Waals surface area contributed by atoms with Crippen LogP contribution < -0.4 is 4.74 Å². The van der Waals surface area contributed by atoms with Crippen molar-refractivity contribution in [2.45, 2.75) is 12.8 Å². The third-order valence-corrected chi connectivity index (χ3v) is 5.06. The highest BCUT2D eigenvalue weighted by Crippen LogP contribution is 2.30. The molecule has 4 rings (SSSR count). The summed E-state index contributed by atoms with van der Waals surface area (Å²) in [5.74, 6) is -1.59. The maximum Gasteiger partial charge on any atom is 0.305 e. The van der Waals surface area contributed by atoms with Gasteiger partial charge in [-0.3, -0.25) is 19.3 Å². The van der Waals surface area contributed by atoms with Crippen molar-refractivity contribution in [3.05, 3.63) is 77.6 Å². The number of nitrogens with zero attached hydrogens (tertiary/aromatic N) is 1. The van der Waals surface area contributed by atoms with Crippen molar-refractivity contribution < 1.29 is 28.2 Å². The van der Waals surface area contributed by atoms with Crippen LogP contribution in [0.1, 0.15) is 33.6 Å². The second-order valence-electron chi connectivity index (χ2n) is 7.07. The molecule has 0 atom stereocenters. The number of benzene rings is 3. The number of halogens is 1. The van der Waals surface area contributed by atoms with E-state index in [4.69, 9.17) is 9.47 Å². The zero-order chi connectivity index (χ0) is 21.8. The molecule has 0 unspecified atom stereocenters. The summed E-state index contributed by atoms with van der Waals surface area (Å²) in [5.41, 5.74) is 0.973. The number of ether oxygens (including phenoxy) is 2. The van der Waals surface area contributed by atoms with Crippen LogP contribution in [0.2, 0.25) is 0 Å². The van der Waals surface area contributed by atoms with Gasteiger partial charge in [-0.25, -0.2) is 4.39 Å². The van der Waals surface area contributed by atoms with Crippen LogP contribution in [0.15, 0.2) is 60.7 Å². The minimum Gasteiger partial charge on any atom is -0.487 e. The summed E-state index contributed by atoms with van der Waals surface area (Å²) in [4.78, 5) is 38.7. The zero-order valence-corrected chi connectivity index (χ0v) is 16.7. The molecule has 1 aliphatic rings. The van der Waals surface area contributed by atoms with Gasteiger partial charge in [0.1, 0.15) is 13.2 Å². The number of carbonyl (C=O) groups excluding carboxylic acids is 3. The number of amides is 2. The second kappa shape index (κ2) is 8.95. The van der Waals surface area contributed by atoms with Gasteiger partial charge in [-0.15, -0.1) is 0 Å². The summed E-state index contributed by atoms with van der Waals surface area (Å²) in [7, 11) is 0. The molecular formula is C24H20FNO5. The minimum absolute atomic E-state index is 0.0237. The Hall–Kier alpha value is -3.74. The number of para-hydroxylation sites is 1. The molecule has 0 aromatic heterocycles. The Bertz CT molecular complexity index is 1110. The predicted molar refractivity (Wildman–Crippen MR) is 111 cm³/mol. The lowest BCUT2D eigenvalue weighted by molar-refractivity contribution is -0.144. The Kier molecular flexibility index (Phi) is 5.93. The van der Waals surface area contributed by atoms with E-state index in [1.807, 2.05) is 12.1 Å². The summed E-state index contributed by atoms with van der Waals surface area (Å²) in [5, 5.41) is 1.52. The fraction of sp³-hybridized carbons (Fsp3) is 0.208. The molecule has 0 bridgehead atoms. The quantitative estimate of drug-likeness (QED) is 0.313. The van der Waals surface area contributed by atoms with Gasteiger partial charge in [0.05, 0.1) is 0 Å². The molecule has 0 N–H and O–H groups in total. The standard InChI is InChI=1S/C24H20FNO5/c25-19-10-1-2-11-20(19)30-14-15-31-21(27)12-5-13-26-23(28)17-8-3-6-16-7-4-9-18(22(16)17)24(26)29/h1-4,6-11H,5,12-15H2. The van der Waals surface area contributed by atoms with Gasteiger partial charge in [-0.2, -0.15) is 0 Å². The SMILES string of the molecule is O=C(CCCN1C(=O)c2cccc3cccc(c23)C1=O)OCCOc1ccccc1F. The molecule has 6 nitrogen and oxygen atoms in total. The fourth-order valence-corrected chi connectivity index (χ4v) is 3.61. The van der Waals surface area contributed by atoms with Crippen molar-refractivity contribution in [2.75, 3.05) is 19.8 Å². The maximum absolute atomic E-state index is 13.5. The zero-order valence-electron chi connectivity index (χ0n) is 16.7. The van der Waals surface area contributed by atoms with Crippen molar-refractivity contribution in [2.24, 2.45) is 0 Å². The van der Waals surface area contributed by atoms with E-state index in [2.05, 4.69) is 0 Å². The molecule has 3 aromatic carbocycles. The first-order chi connectivity index (χ1) is 15.1. The highest BCUT2D eigenvalue weighted by Gasteiger charge is 2.32. The topological polar surface area (TPSA) is 72.9 Å². The third-order valence-electron chi connectivity index (χ3n) is 5.06. The largest absolute Gasteiger partial charge is 0.487 e. The maximum atomic E-state index is 13.5. The molecule has 1 heterocycles. The van der Waals surface area contributed by atoms with Gasteiger partial charge in [0.15, 0.2) is 11.6 Å². The smallest absolute Gasteiger partial charge is 0.305 e. The molecule has 0 saturated carbocycles. The van der Waals surface area contributed by atoms with Gasteiger partial charge in [0.25, 0.3) is 11.8 Å². The van der Waals surface area contributed by atoms with Crippen LogP contribution in [0, 0.1) is 5.82 Å². The Balaban J connectivity index is 1.27. The van der Waals surface area contributed by atoms with Gasteiger partial charge in [0, 0.05) is 29.5 Å². The van der Waals surface area contributed by atoms with E-state index in [1.165, 1.54) is 17.0 Å². The first-order valence-electron chi connectivity index (χ1n) is 9.97. The normalized spacial score (nSPS) is 12.9. The van der Waals surface area contributed by atoms with Crippen LogP contribution in [-0.2, 0) is 9.53 Å². The second-order valence-corrected chi connectivity index (χ2v) is 7.07. The van der Waals surface area contributed by atoms with E-state index < -0.39 is 11.8 Å². The van der Waals surface area contributed by atoms with Crippen molar-refractivity contribution in [1.82, 2.24) is 4.90 Å². The number of hydrogen-bond donors (Lipinski definition) is 0. The molecule has 0 saturated heterocycles. The summed E-state index contributed by atoms with van der Waals surface area (Å²) in [6.07, 6.45) is 0.325. The van der Waals surface area contributed by atoms with Crippen LogP contribution >= 0.6 is 0 Å². The first kappa shape index (κ1) is 20.5. The van der Waals surface area contributed by atoms with Crippen LogP contribution in [0.25, 0.3) is 10.8 Å². The van der Waals surface area contributed by atoms with Crippen LogP contribution in [0.5, 0.6) is 5.75 Å². The molecule has 158 valence electrons. The molecule has 7 heteroatoms. The lowest BCUT2D eigenvalue weighted by atomic mass is 9.94. The van der Waals surface area contributed by atoms with E-state index in [1.54, 1.807) is 36.4 Å². The summed E-state index contributed by atoms with van der Waals surface area (Å²) >= 11 is 0. The van der Waals surface area contributed by atoms with Crippen molar-refractivity contribution in [1.29, 1.82) is 0 Å². The molecule has 0 radical (unpaired) electrons. The number of hydrogen-bond acceptors (Lipinski definition) is 5. The first-order valence-corrected chi connectivity index (χ1v) is 9.97. The lowest BCUT2D eigenvalue weighted by Crippen LogP contribution is -2.41. The molecule has 0 fully saturated rings. The van der Waals surface area contributed by atoms with Crippen LogP contribution in [-0.4, -0.2) is 42.4 Å². The Morgan fingerprint density at radius 3 is 2.23 bits per heavy atom. The van der Waals surface area contributed by atoms with Gasteiger partial charge < -0.3 is 9.47 Å². The summed E-state index contributed by atoms with van der Waals surface area (Å²) in [6.45, 7) is 0.115. The average Bonchev–Trinajstić information content (AvgIpc) is 2.78. The van der Waals surface area contributed by atoms with Crippen molar-refractivity contribution in [3.8, 4) is 5.75 Å². The van der Waals surface area contributed by atoms with Gasteiger partial charge in [0.2, 0.25) is 0 Å². The van der Waals surface area contributed by atoms with E-state index in [9.17, 15) is 18.8 Å². The Morgan fingerprint density at radius 2 is 1.55 bits per heavy atom. The molecule has 31 heavy (non-hydrogen) atoms. The number of imide groups is 1. The van der Waals surface area contributed by atoms with Gasteiger partial charge in [-0.05, 0) is 36.1 Å². The summed E-state index contributed by atoms with van der Waals surface area (Å²) < 4.78 is 23.8. The van der Waals surface area contributed by atoms with Gasteiger partial charge in [-0.1, -0.05) is 36.4 Å². The van der Waals surface area contributed by atoms with Crippen LogP contribution in [0.3, 0.4) is 0 Å². The molecule has 0 spiro atoms. The number of esters is 1. The lowest BCUT2D eigenvalue weighted by Gasteiger charge is -2.27. The third kappa shape index (κ3) is 4.26. The molecule has 0 aliphatic carbocycles. The van der Waals surface area contributed by atoms with Crippen molar-refractivity contribution in [3.63, 3.8) is 0 Å². The van der Waals surface area contributed by atoms with Crippen LogP contribution in [0.4, 0.5) is 4.39 Å².